The number of hydrogen-bond donors (Lipinski definition) is 2. The molecule has 0 spiro atoms. The van der Waals surface area contributed by atoms with Crippen molar-refractivity contribution in [3.05, 3.63) is 45.5 Å². The molecule has 118 valence electrons. The van der Waals surface area contributed by atoms with Crippen LogP contribution in [0.2, 0.25) is 0 Å². The Kier molecular flexibility index (Phi) is 4.65. The van der Waals surface area contributed by atoms with Crippen molar-refractivity contribution in [3.8, 4) is 11.5 Å². The number of aromatic amines is 1. The zero-order valence-electron chi connectivity index (χ0n) is 12.6. The van der Waals surface area contributed by atoms with Crippen LogP contribution < -0.4 is 14.9 Å². The fourth-order valence-corrected chi connectivity index (χ4v) is 3.03. The fourth-order valence-electron chi connectivity index (χ4n) is 2.19. The average molecular weight is 422 g/mol. The summed E-state index contributed by atoms with van der Waals surface area (Å²) in [6.45, 7) is 0. The van der Waals surface area contributed by atoms with E-state index in [1.54, 1.807) is 20.4 Å². The summed E-state index contributed by atoms with van der Waals surface area (Å²) in [5.74, 6) is 1.98. The summed E-state index contributed by atoms with van der Waals surface area (Å²) < 4.78 is 11.6. The van der Waals surface area contributed by atoms with Gasteiger partial charge >= 0.3 is 0 Å². The van der Waals surface area contributed by atoms with E-state index >= 15 is 0 Å². The molecule has 0 aliphatic carbocycles. The second-order valence-electron chi connectivity index (χ2n) is 4.71. The number of H-pyrrole nitrogens is 1. The maximum atomic E-state index is 5.33. The third-order valence-corrected chi connectivity index (χ3v) is 4.03. The van der Waals surface area contributed by atoms with Crippen LogP contribution in [0, 0.1) is 3.57 Å². The molecule has 0 saturated heterocycles. The van der Waals surface area contributed by atoms with Crippen LogP contribution in [-0.4, -0.2) is 30.4 Å². The summed E-state index contributed by atoms with van der Waals surface area (Å²) in [6, 6.07) is 11.6. The standard InChI is InChI=1S/C16H15IN4O2/c1-22-14-8-10(7-11(17)15(14)23-2)9-18-21-16-19-12-5-3-4-6-13(12)20-16/h3-9H,1-2H3,(H2,19,20,21). The first-order valence-electron chi connectivity index (χ1n) is 6.86. The lowest BCUT2D eigenvalue weighted by atomic mass is 10.2. The van der Waals surface area contributed by atoms with Crippen molar-refractivity contribution in [3.63, 3.8) is 0 Å². The molecule has 0 atom stereocenters. The smallest absolute Gasteiger partial charge is 0.222 e. The van der Waals surface area contributed by atoms with Gasteiger partial charge < -0.3 is 14.5 Å². The number of para-hydroxylation sites is 2. The van der Waals surface area contributed by atoms with E-state index in [4.69, 9.17) is 9.47 Å². The lowest BCUT2D eigenvalue weighted by Gasteiger charge is -2.10. The second-order valence-corrected chi connectivity index (χ2v) is 5.87. The van der Waals surface area contributed by atoms with Crippen molar-refractivity contribution in [1.29, 1.82) is 0 Å². The molecule has 1 heterocycles. The van der Waals surface area contributed by atoms with Crippen molar-refractivity contribution < 1.29 is 9.47 Å². The molecule has 0 aliphatic heterocycles. The van der Waals surface area contributed by atoms with Gasteiger partial charge in [-0.05, 0) is 52.4 Å². The summed E-state index contributed by atoms with van der Waals surface area (Å²) in [5.41, 5.74) is 5.65. The number of imidazole rings is 1. The van der Waals surface area contributed by atoms with Gasteiger partial charge in [-0.1, -0.05) is 12.1 Å². The van der Waals surface area contributed by atoms with Gasteiger partial charge in [-0.25, -0.2) is 10.4 Å². The largest absolute Gasteiger partial charge is 0.493 e. The van der Waals surface area contributed by atoms with E-state index in [0.717, 1.165) is 25.9 Å². The minimum Gasteiger partial charge on any atom is -0.493 e. The van der Waals surface area contributed by atoms with Gasteiger partial charge in [0.25, 0.3) is 0 Å². The molecule has 7 heteroatoms. The molecule has 0 fully saturated rings. The van der Waals surface area contributed by atoms with Crippen LogP contribution in [0.3, 0.4) is 0 Å². The highest BCUT2D eigenvalue weighted by molar-refractivity contribution is 14.1. The van der Waals surface area contributed by atoms with E-state index in [1.807, 2.05) is 36.4 Å². The fraction of sp³-hybridized carbons (Fsp3) is 0.125. The lowest BCUT2D eigenvalue weighted by Crippen LogP contribution is -1.97. The van der Waals surface area contributed by atoms with Crippen molar-refractivity contribution in [2.24, 2.45) is 5.10 Å². The molecule has 2 N–H and O–H groups in total. The predicted molar refractivity (Wildman–Crippen MR) is 99.6 cm³/mol. The van der Waals surface area contributed by atoms with E-state index in [-0.39, 0.29) is 0 Å². The molecule has 0 amide bonds. The highest BCUT2D eigenvalue weighted by atomic mass is 127. The van der Waals surface area contributed by atoms with Crippen LogP contribution >= 0.6 is 22.6 Å². The van der Waals surface area contributed by atoms with Gasteiger partial charge in [-0.15, -0.1) is 0 Å². The van der Waals surface area contributed by atoms with E-state index in [9.17, 15) is 0 Å². The Bertz CT molecular complexity index is 827. The van der Waals surface area contributed by atoms with Gasteiger partial charge in [0.05, 0.1) is 35.0 Å². The number of aromatic nitrogens is 2. The third-order valence-electron chi connectivity index (χ3n) is 3.23. The topological polar surface area (TPSA) is 71.5 Å². The Morgan fingerprint density at radius 3 is 2.78 bits per heavy atom. The molecule has 0 saturated carbocycles. The molecule has 3 aromatic rings. The number of halogens is 1. The lowest BCUT2D eigenvalue weighted by molar-refractivity contribution is 0.353. The molecule has 23 heavy (non-hydrogen) atoms. The molecule has 3 rings (SSSR count). The summed E-state index contributed by atoms with van der Waals surface area (Å²) in [4.78, 5) is 7.55. The van der Waals surface area contributed by atoms with E-state index in [1.165, 1.54) is 0 Å². The van der Waals surface area contributed by atoms with Crippen LogP contribution in [0.25, 0.3) is 11.0 Å². The number of nitrogens with zero attached hydrogens (tertiary/aromatic N) is 2. The van der Waals surface area contributed by atoms with Gasteiger partial charge in [0.15, 0.2) is 11.5 Å². The summed E-state index contributed by atoms with van der Waals surface area (Å²) in [5, 5.41) is 4.21. The number of rotatable bonds is 5. The average Bonchev–Trinajstić information content (AvgIpc) is 2.97. The molecule has 0 unspecified atom stereocenters. The Balaban J connectivity index is 1.78. The Morgan fingerprint density at radius 1 is 1.22 bits per heavy atom. The van der Waals surface area contributed by atoms with Gasteiger partial charge in [-0.3, -0.25) is 0 Å². The number of ether oxygens (including phenoxy) is 2. The van der Waals surface area contributed by atoms with Gasteiger partial charge in [0.2, 0.25) is 5.95 Å². The summed E-state index contributed by atoms with van der Waals surface area (Å²) in [7, 11) is 3.23. The molecule has 0 bridgehead atoms. The maximum absolute atomic E-state index is 5.33. The van der Waals surface area contributed by atoms with Crippen LogP contribution in [0.15, 0.2) is 41.5 Å². The molecule has 0 aliphatic rings. The highest BCUT2D eigenvalue weighted by Gasteiger charge is 2.09. The SMILES string of the molecule is COc1cc(C=NNc2nc3ccccc3[nH]2)cc(I)c1OC. The van der Waals surface area contributed by atoms with Crippen molar-refractivity contribution in [1.82, 2.24) is 9.97 Å². The Hall–Kier alpha value is -2.29. The normalized spacial score (nSPS) is 11.1. The number of nitrogens with one attached hydrogen (secondary N) is 2. The van der Waals surface area contributed by atoms with Gasteiger partial charge in [-0.2, -0.15) is 5.10 Å². The molecule has 2 aromatic carbocycles. The molecular weight excluding hydrogens is 407 g/mol. The first-order valence-corrected chi connectivity index (χ1v) is 7.94. The Morgan fingerprint density at radius 2 is 2.04 bits per heavy atom. The van der Waals surface area contributed by atoms with E-state index in [2.05, 4.69) is 43.1 Å². The van der Waals surface area contributed by atoms with Crippen LogP contribution in [0.1, 0.15) is 5.56 Å². The summed E-state index contributed by atoms with van der Waals surface area (Å²) in [6.07, 6.45) is 1.71. The number of fused-ring (bicyclic) bond motifs is 1. The number of anilines is 1. The molecule has 6 nitrogen and oxygen atoms in total. The quantitative estimate of drug-likeness (QED) is 0.374. The molecule has 0 radical (unpaired) electrons. The predicted octanol–water partition coefficient (Wildman–Crippen LogP) is 3.63. The van der Waals surface area contributed by atoms with E-state index < -0.39 is 0 Å². The number of hydrogen-bond acceptors (Lipinski definition) is 5. The van der Waals surface area contributed by atoms with E-state index in [0.29, 0.717) is 11.7 Å². The minimum absolute atomic E-state index is 0.595. The van der Waals surface area contributed by atoms with Crippen molar-refractivity contribution in [2.45, 2.75) is 0 Å². The molecule has 1 aromatic heterocycles. The number of hydrazone groups is 1. The zero-order chi connectivity index (χ0) is 16.2. The van der Waals surface area contributed by atoms with Gasteiger partial charge in [0.1, 0.15) is 0 Å². The minimum atomic E-state index is 0.595. The van der Waals surface area contributed by atoms with Crippen molar-refractivity contribution in [2.75, 3.05) is 19.6 Å². The Labute approximate surface area is 147 Å². The van der Waals surface area contributed by atoms with Crippen LogP contribution in [-0.2, 0) is 0 Å². The first-order chi connectivity index (χ1) is 11.2. The number of methoxy groups -OCH3 is 2. The second kappa shape index (κ2) is 6.86. The third kappa shape index (κ3) is 3.39. The van der Waals surface area contributed by atoms with Crippen molar-refractivity contribution >= 4 is 45.8 Å². The maximum Gasteiger partial charge on any atom is 0.222 e. The zero-order valence-corrected chi connectivity index (χ0v) is 14.8. The first kappa shape index (κ1) is 15.6. The van der Waals surface area contributed by atoms with Crippen LogP contribution in [0.5, 0.6) is 11.5 Å². The molecular formula is C16H15IN4O2. The monoisotopic (exact) mass is 422 g/mol. The highest BCUT2D eigenvalue weighted by Crippen LogP contribution is 2.33. The van der Waals surface area contributed by atoms with Gasteiger partial charge in [0, 0.05) is 0 Å². The number of benzene rings is 2. The van der Waals surface area contributed by atoms with Crippen LogP contribution in [0.4, 0.5) is 5.95 Å². The summed E-state index contributed by atoms with van der Waals surface area (Å²) >= 11 is 2.20.